The van der Waals surface area contributed by atoms with Gasteiger partial charge in [-0.15, -0.1) is 35.3 Å². The highest BCUT2D eigenvalue weighted by Gasteiger charge is 2.19. The molecule has 29 heavy (non-hydrogen) atoms. The van der Waals surface area contributed by atoms with Crippen LogP contribution in [-0.4, -0.2) is 53.6 Å². The Morgan fingerprint density at radius 3 is 2.66 bits per heavy atom. The average Bonchev–Trinajstić information content (AvgIpc) is 3.41. The van der Waals surface area contributed by atoms with Crippen molar-refractivity contribution in [3.63, 3.8) is 0 Å². The minimum Gasteiger partial charge on any atom is -0.444 e. The molecule has 1 aliphatic heterocycles. The summed E-state index contributed by atoms with van der Waals surface area (Å²) in [6.07, 6.45) is 4.06. The average molecular weight is 528 g/mol. The molecule has 0 radical (unpaired) electrons. The predicted octanol–water partition coefficient (Wildman–Crippen LogP) is 3.23. The van der Waals surface area contributed by atoms with Crippen molar-refractivity contribution in [3.8, 4) is 11.5 Å². The summed E-state index contributed by atoms with van der Waals surface area (Å²) in [5.41, 5.74) is 7.69. The van der Waals surface area contributed by atoms with Gasteiger partial charge < -0.3 is 20.0 Å². The van der Waals surface area contributed by atoms with Gasteiger partial charge >= 0.3 is 0 Å². The quantitative estimate of drug-likeness (QED) is 0.311. The molecule has 0 unspecified atom stereocenters. The molecule has 0 saturated carbocycles. The Hall–Kier alpha value is -2.21. The van der Waals surface area contributed by atoms with Crippen LogP contribution in [0.3, 0.4) is 0 Å². The third kappa shape index (κ3) is 5.44. The number of piperazine rings is 1. The molecule has 1 aromatic carbocycles. The molecular weight excluding hydrogens is 506 g/mol. The van der Waals surface area contributed by atoms with E-state index in [0.717, 1.165) is 42.6 Å². The van der Waals surface area contributed by atoms with Crippen molar-refractivity contribution in [1.82, 2.24) is 14.9 Å². The van der Waals surface area contributed by atoms with E-state index in [9.17, 15) is 4.39 Å². The van der Waals surface area contributed by atoms with E-state index in [1.165, 1.54) is 12.1 Å². The van der Waals surface area contributed by atoms with Crippen LogP contribution in [0.1, 0.15) is 5.69 Å². The zero-order valence-corrected chi connectivity index (χ0v) is 18.8. The van der Waals surface area contributed by atoms with Crippen molar-refractivity contribution >= 4 is 46.4 Å². The van der Waals surface area contributed by atoms with Gasteiger partial charge in [0.25, 0.3) is 0 Å². The van der Waals surface area contributed by atoms with E-state index < -0.39 is 0 Å². The maximum atomic E-state index is 13.0. The highest BCUT2D eigenvalue weighted by atomic mass is 127. The predicted molar refractivity (Wildman–Crippen MR) is 123 cm³/mol. The van der Waals surface area contributed by atoms with E-state index in [1.807, 2.05) is 11.6 Å². The summed E-state index contributed by atoms with van der Waals surface area (Å²) in [5.74, 6) is 0.749. The van der Waals surface area contributed by atoms with Crippen LogP contribution in [0.15, 0.2) is 51.5 Å². The zero-order chi connectivity index (χ0) is 19.3. The first-order chi connectivity index (χ1) is 13.7. The monoisotopic (exact) mass is 528 g/mol. The van der Waals surface area contributed by atoms with Crippen molar-refractivity contribution in [2.45, 2.75) is 6.42 Å². The van der Waals surface area contributed by atoms with Crippen LogP contribution in [0.5, 0.6) is 0 Å². The first-order valence-electron chi connectivity index (χ1n) is 9.09. The minimum atomic E-state index is -0.284. The number of benzene rings is 1. The molecular formula is C19H22FIN6OS. The molecule has 2 aromatic heterocycles. The van der Waals surface area contributed by atoms with Gasteiger partial charge in [0, 0.05) is 56.3 Å². The van der Waals surface area contributed by atoms with E-state index in [1.54, 1.807) is 29.7 Å². The number of hydrogen-bond acceptors (Lipinski definition) is 6. The van der Waals surface area contributed by atoms with Gasteiger partial charge in [-0.1, -0.05) is 0 Å². The molecule has 1 fully saturated rings. The van der Waals surface area contributed by atoms with E-state index >= 15 is 0 Å². The van der Waals surface area contributed by atoms with Crippen molar-refractivity contribution < 1.29 is 8.81 Å². The molecule has 3 aromatic rings. The Labute approximate surface area is 189 Å². The Bertz CT molecular complexity index is 923. The van der Waals surface area contributed by atoms with Crippen LogP contribution in [0.2, 0.25) is 0 Å². The molecule has 10 heteroatoms. The zero-order valence-electron chi connectivity index (χ0n) is 15.7. The standard InChI is InChI=1S/C19H21FN6OS.HI/c20-15-3-1-14(2-4-15)17-24-16(13-27-17)5-6-22-18(21)25-8-10-26(11-9-25)19-23-7-12-28-19;/h1-4,7,12-13H,5-6,8-11H2,(H2,21,22);1H. The first kappa shape index (κ1) is 21.5. The lowest BCUT2D eigenvalue weighted by Gasteiger charge is -2.35. The van der Waals surface area contributed by atoms with E-state index in [-0.39, 0.29) is 29.8 Å². The van der Waals surface area contributed by atoms with Gasteiger partial charge in [0.05, 0.1) is 5.69 Å². The molecule has 1 saturated heterocycles. The normalized spacial score (nSPS) is 14.7. The summed E-state index contributed by atoms with van der Waals surface area (Å²) in [7, 11) is 0. The van der Waals surface area contributed by atoms with Crippen molar-refractivity contribution in [2.75, 3.05) is 37.6 Å². The number of hydrogen-bond donors (Lipinski definition) is 1. The molecule has 0 amide bonds. The summed E-state index contributed by atoms with van der Waals surface area (Å²) < 4.78 is 18.5. The minimum absolute atomic E-state index is 0. The molecule has 154 valence electrons. The van der Waals surface area contributed by atoms with Crippen molar-refractivity contribution in [2.24, 2.45) is 10.7 Å². The lowest BCUT2D eigenvalue weighted by atomic mass is 10.2. The van der Waals surface area contributed by atoms with Gasteiger partial charge in [-0.25, -0.2) is 14.4 Å². The maximum Gasteiger partial charge on any atom is 0.226 e. The fourth-order valence-electron chi connectivity index (χ4n) is 3.03. The summed E-state index contributed by atoms with van der Waals surface area (Å²) in [4.78, 5) is 17.6. The molecule has 0 bridgehead atoms. The number of halogens is 2. The maximum absolute atomic E-state index is 13.0. The van der Waals surface area contributed by atoms with Crippen LogP contribution in [-0.2, 0) is 6.42 Å². The highest BCUT2D eigenvalue weighted by molar-refractivity contribution is 14.0. The van der Waals surface area contributed by atoms with Gasteiger partial charge in [-0.05, 0) is 24.3 Å². The fourth-order valence-corrected chi connectivity index (χ4v) is 3.73. The molecule has 7 nitrogen and oxygen atoms in total. The second-order valence-corrected chi connectivity index (χ2v) is 7.30. The number of oxazole rings is 1. The van der Waals surface area contributed by atoms with Gasteiger partial charge in [-0.2, -0.15) is 0 Å². The Morgan fingerprint density at radius 1 is 1.21 bits per heavy atom. The van der Waals surface area contributed by atoms with E-state index in [2.05, 4.69) is 24.8 Å². The van der Waals surface area contributed by atoms with Gasteiger partial charge in [0.15, 0.2) is 11.1 Å². The smallest absolute Gasteiger partial charge is 0.226 e. The molecule has 0 aliphatic carbocycles. The van der Waals surface area contributed by atoms with Crippen LogP contribution in [0.25, 0.3) is 11.5 Å². The molecule has 1 aliphatic rings. The summed E-state index contributed by atoms with van der Waals surface area (Å²) in [6, 6.07) is 6.07. The number of anilines is 1. The van der Waals surface area contributed by atoms with E-state index in [0.29, 0.717) is 24.8 Å². The summed E-state index contributed by atoms with van der Waals surface area (Å²) >= 11 is 1.65. The topological polar surface area (TPSA) is 83.8 Å². The second-order valence-electron chi connectivity index (χ2n) is 6.43. The third-order valence-electron chi connectivity index (χ3n) is 4.58. The number of thiazole rings is 1. The third-order valence-corrected chi connectivity index (χ3v) is 5.41. The van der Waals surface area contributed by atoms with Crippen LogP contribution < -0.4 is 10.6 Å². The number of aliphatic imine (C=N–C) groups is 1. The molecule has 4 rings (SSSR count). The second kappa shape index (κ2) is 10.0. The molecule has 2 N–H and O–H groups in total. The highest BCUT2D eigenvalue weighted by Crippen LogP contribution is 2.20. The largest absolute Gasteiger partial charge is 0.444 e. The van der Waals surface area contributed by atoms with Crippen LogP contribution in [0.4, 0.5) is 9.52 Å². The fraction of sp³-hybridized carbons (Fsp3) is 0.316. The van der Waals surface area contributed by atoms with Gasteiger partial charge in [0.1, 0.15) is 12.1 Å². The van der Waals surface area contributed by atoms with E-state index in [4.69, 9.17) is 10.2 Å². The Balaban J connectivity index is 0.00000240. The van der Waals surface area contributed by atoms with Crippen LogP contribution in [0, 0.1) is 5.82 Å². The Kier molecular flexibility index (Phi) is 7.42. The van der Waals surface area contributed by atoms with Gasteiger partial charge in [0.2, 0.25) is 5.89 Å². The number of rotatable bonds is 5. The summed E-state index contributed by atoms with van der Waals surface area (Å²) in [5, 5.41) is 3.04. The number of aromatic nitrogens is 2. The number of nitrogens with two attached hydrogens (primary N) is 1. The number of nitrogens with zero attached hydrogens (tertiary/aromatic N) is 5. The molecule has 3 heterocycles. The summed E-state index contributed by atoms with van der Waals surface area (Å²) in [6.45, 7) is 3.96. The molecule has 0 spiro atoms. The molecule has 0 atom stereocenters. The van der Waals surface area contributed by atoms with Crippen molar-refractivity contribution in [3.05, 3.63) is 53.6 Å². The number of guanidine groups is 1. The SMILES string of the molecule is I.NC(=NCCc1coc(-c2ccc(F)cc2)n1)N1CCN(c2nccs2)CC1. The van der Waals surface area contributed by atoms with Crippen molar-refractivity contribution in [1.29, 1.82) is 0 Å². The lowest BCUT2D eigenvalue weighted by molar-refractivity contribution is 0.380. The van der Waals surface area contributed by atoms with Crippen LogP contribution >= 0.6 is 35.3 Å². The Morgan fingerprint density at radius 2 is 1.97 bits per heavy atom. The lowest BCUT2D eigenvalue weighted by Crippen LogP contribution is -2.51. The van der Waals surface area contributed by atoms with Gasteiger partial charge in [-0.3, -0.25) is 4.99 Å². The first-order valence-corrected chi connectivity index (χ1v) is 9.96.